The number of hydrogen-bond acceptors (Lipinski definition) is 8. The maximum Gasteiger partial charge on any atom is 0.381 e. The highest BCUT2D eigenvalue weighted by Crippen LogP contribution is 2.60. The third-order valence-electron chi connectivity index (χ3n) is 6.45. The van der Waals surface area contributed by atoms with Gasteiger partial charge < -0.3 is 18.3 Å². The van der Waals surface area contributed by atoms with Crippen molar-refractivity contribution in [1.29, 1.82) is 0 Å². The Balaban J connectivity index is 0.000000281. The van der Waals surface area contributed by atoms with E-state index in [-0.39, 0.29) is 56.5 Å². The van der Waals surface area contributed by atoms with Crippen LogP contribution in [0.2, 0.25) is 15.2 Å². The molecular formula is C26H33Cl3NO6PS. The largest absolute Gasteiger partial charge is 0.457 e. The van der Waals surface area contributed by atoms with E-state index < -0.39 is 12.8 Å². The third kappa shape index (κ3) is 7.91. The quantitative estimate of drug-likeness (QED) is 0.119. The molecular weight excluding hydrogens is 592 g/mol. The fourth-order valence-electron chi connectivity index (χ4n) is 4.17. The van der Waals surface area contributed by atoms with E-state index in [1.54, 1.807) is 6.08 Å². The van der Waals surface area contributed by atoms with Gasteiger partial charge in [0.15, 0.2) is 10.9 Å². The fraction of sp³-hybridized carbons (Fsp3) is 0.500. The Bertz CT molecular complexity index is 1200. The molecule has 1 saturated carbocycles. The molecule has 3 atom stereocenters. The van der Waals surface area contributed by atoms with Crippen LogP contribution < -0.4 is 4.52 Å². The Morgan fingerprint density at radius 3 is 2.37 bits per heavy atom. The minimum absolute atomic E-state index is 0.0306. The van der Waals surface area contributed by atoms with Crippen LogP contribution in [0.1, 0.15) is 47.5 Å². The Kier molecular flexibility index (Phi) is 11.6. The average molecular weight is 625 g/mol. The minimum atomic E-state index is -2.88. The third-order valence-corrected chi connectivity index (χ3v) is 9.80. The van der Waals surface area contributed by atoms with Gasteiger partial charge in [-0.15, -0.1) is 6.58 Å². The number of carbonyl (C=O) groups is 2. The molecule has 0 saturated heterocycles. The van der Waals surface area contributed by atoms with Crippen LogP contribution in [-0.4, -0.2) is 37.1 Å². The predicted octanol–water partition coefficient (Wildman–Crippen LogP) is 7.94. The highest BCUT2D eigenvalue weighted by Gasteiger charge is 2.61. The van der Waals surface area contributed by atoms with Crippen molar-refractivity contribution >= 4 is 65.1 Å². The maximum atomic E-state index is 12.5. The zero-order valence-electron chi connectivity index (χ0n) is 22.5. The summed E-state index contributed by atoms with van der Waals surface area (Å²) in [5.74, 6) is 0.0616. The van der Waals surface area contributed by atoms with Gasteiger partial charge in [-0.1, -0.05) is 66.4 Å². The molecule has 1 aromatic rings. The van der Waals surface area contributed by atoms with Crippen molar-refractivity contribution in [2.75, 3.05) is 14.2 Å². The van der Waals surface area contributed by atoms with Crippen LogP contribution in [0.25, 0.3) is 0 Å². The topological polar surface area (TPSA) is 84.0 Å². The number of allylic oxidation sites excluding steroid dienone is 4. The lowest BCUT2D eigenvalue weighted by Crippen LogP contribution is -2.20. The number of Topliss-reactive ketones (excluding diaryl/α,β-unsaturated/α-hetero) is 1. The first-order chi connectivity index (χ1) is 17.6. The Hall–Kier alpha value is -1.25. The summed E-state index contributed by atoms with van der Waals surface area (Å²) >= 11 is 22.3. The van der Waals surface area contributed by atoms with Crippen molar-refractivity contribution in [3.63, 3.8) is 0 Å². The van der Waals surface area contributed by atoms with Gasteiger partial charge in [0, 0.05) is 31.6 Å². The summed E-state index contributed by atoms with van der Waals surface area (Å²) in [5, 5.41) is 0.467. The van der Waals surface area contributed by atoms with Gasteiger partial charge in [-0.3, -0.25) is 9.59 Å². The molecule has 0 spiro atoms. The van der Waals surface area contributed by atoms with E-state index in [4.69, 9.17) is 64.9 Å². The second-order valence-corrected chi connectivity index (χ2v) is 14.0. The highest BCUT2D eigenvalue weighted by atomic mass is 35.5. The van der Waals surface area contributed by atoms with Crippen molar-refractivity contribution in [2.24, 2.45) is 17.3 Å². The van der Waals surface area contributed by atoms with Gasteiger partial charge in [0.25, 0.3) is 0 Å². The molecule has 7 nitrogen and oxygen atoms in total. The number of hydrogen-bond donors (Lipinski definition) is 0. The van der Waals surface area contributed by atoms with Gasteiger partial charge in [0.1, 0.15) is 11.1 Å². The van der Waals surface area contributed by atoms with E-state index in [0.29, 0.717) is 6.42 Å². The van der Waals surface area contributed by atoms with Crippen LogP contribution in [0, 0.1) is 17.3 Å². The van der Waals surface area contributed by atoms with Crippen molar-refractivity contribution in [1.82, 2.24) is 4.98 Å². The molecule has 0 radical (unpaired) electrons. The predicted molar refractivity (Wildman–Crippen MR) is 155 cm³/mol. The van der Waals surface area contributed by atoms with E-state index >= 15 is 0 Å². The van der Waals surface area contributed by atoms with Crippen molar-refractivity contribution in [3.8, 4) is 5.88 Å². The van der Waals surface area contributed by atoms with E-state index in [2.05, 4.69) is 31.5 Å². The number of aromatic nitrogens is 1. The lowest BCUT2D eigenvalue weighted by Gasteiger charge is -2.18. The highest BCUT2D eigenvalue weighted by molar-refractivity contribution is 8.07. The van der Waals surface area contributed by atoms with Crippen LogP contribution in [0.4, 0.5) is 0 Å². The number of rotatable bonds is 9. The first-order valence-electron chi connectivity index (χ1n) is 11.7. The summed E-state index contributed by atoms with van der Waals surface area (Å²) in [6.45, 7) is 10.9. The molecule has 1 heterocycles. The van der Waals surface area contributed by atoms with E-state index in [1.807, 2.05) is 20.8 Å². The summed E-state index contributed by atoms with van der Waals surface area (Å²) < 4.78 is 20.8. The molecule has 0 bridgehead atoms. The lowest BCUT2D eigenvalue weighted by atomic mass is 10.1. The number of nitrogens with zero attached hydrogens (tertiary/aromatic N) is 1. The zero-order valence-corrected chi connectivity index (χ0v) is 26.5. The van der Waals surface area contributed by atoms with Crippen molar-refractivity contribution in [3.05, 3.63) is 56.7 Å². The molecule has 3 rings (SSSR count). The number of pyridine rings is 1. The first-order valence-corrected chi connectivity index (χ1v) is 15.4. The van der Waals surface area contributed by atoms with E-state index in [1.165, 1.54) is 25.9 Å². The lowest BCUT2D eigenvalue weighted by molar-refractivity contribution is -0.150. The summed E-state index contributed by atoms with van der Waals surface area (Å²) in [7, 11) is 2.74. The number of ether oxygens (including phenoxy) is 1. The monoisotopic (exact) mass is 623 g/mol. The summed E-state index contributed by atoms with van der Waals surface area (Å²) in [6.07, 6.45) is 4.31. The molecule has 0 aromatic carbocycles. The van der Waals surface area contributed by atoms with Crippen molar-refractivity contribution < 1.29 is 27.9 Å². The van der Waals surface area contributed by atoms with Gasteiger partial charge in [-0.2, -0.15) is 4.98 Å². The fourth-order valence-corrected chi connectivity index (χ4v) is 5.61. The van der Waals surface area contributed by atoms with Gasteiger partial charge in [0.05, 0.1) is 17.4 Å². The van der Waals surface area contributed by atoms with E-state index in [9.17, 15) is 9.59 Å². The van der Waals surface area contributed by atoms with Gasteiger partial charge in [0.2, 0.25) is 5.88 Å². The number of halogens is 3. The molecule has 0 N–H and O–H groups in total. The van der Waals surface area contributed by atoms with Gasteiger partial charge in [-0.05, 0) is 50.2 Å². The van der Waals surface area contributed by atoms with E-state index in [0.717, 1.165) is 11.1 Å². The SMILES string of the molecule is C=CCC1=C(C)C(OC(=O)C2C(C=C(C)C)C2(C)C)CC1=O.COP(=S)(OC)Oc1nc(Cl)c(Cl)cc1Cl. The van der Waals surface area contributed by atoms with Gasteiger partial charge >= 0.3 is 12.7 Å². The second-order valence-electron chi connectivity index (χ2n) is 9.73. The molecule has 0 aliphatic heterocycles. The average Bonchev–Trinajstić information content (AvgIpc) is 3.27. The number of carbonyl (C=O) groups excluding carboxylic acids is 2. The second kappa shape index (κ2) is 13.4. The van der Waals surface area contributed by atoms with Crippen LogP contribution in [0.15, 0.2) is 41.5 Å². The summed E-state index contributed by atoms with van der Waals surface area (Å²) in [6, 6.07) is 1.40. The molecule has 12 heteroatoms. The summed E-state index contributed by atoms with van der Waals surface area (Å²) in [4.78, 5) is 28.3. The normalized spacial score (nSPS) is 21.8. The Morgan fingerprint density at radius 1 is 1.24 bits per heavy atom. The summed E-state index contributed by atoms with van der Waals surface area (Å²) in [5.41, 5.74) is 2.80. The van der Waals surface area contributed by atoms with Crippen LogP contribution >= 0.6 is 41.5 Å². The molecule has 2 aliphatic carbocycles. The molecule has 3 unspecified atom stereocenters. The smallest absolute Gasteiger partial charge is 0.381 e. The first kappa shape index (κ1) is 33.0. The van der Waals surface area contributed by atoms with Crippen LogP contribution in [0.3, 0.4) is 0 Å². The van der Waals surface area contributed by atoms with Crippen LogP contribution in [0.5, 0.6) is 5.88 Å². The Labute approximate surface area is 244 Å². The zero-order chi connectivity index (χ0) is 29.0. The molecule has 2 aliphatic rings. The number of esters is 1. The Morgan fingerprint density at radius 2 is 1.84 bits per heavy atom. The van der Waals surface area contributed by atoms with Crippen molar-refractivity contribution in [2.45, 2.75) is 53.6 Å². The van der Waals surface area contributed by atoms with Gasteiger partial charge in [-0.25, -0.2) is 0 Å². The molecule has 38 heavy (non-hydrogen) atoms. The standard InChI is InChI=1S/C19H26O3.C7H7Cl3NO3PS/c1-7-8-13-12(4)16(10-15(13)20)22-18(21)17-14(9-11(2)3)19(17,5)6;1-12-15(16,13-2)14-7-5(9)3-4(8)6(10)11-7/h7,9,14,16-17H,1,8,10H2,2-6H3;3H,1-2H3. The number of ketones is 1. The minimum Gasteiger partial charge on any atom is -0.457 e. The maximum absolute atomic E-state index is 12.5. The molecule has 1 aromatic heterocycles. The van der Waals surface area contributed by atoms with Crippen LogP contribution in [-0.2, 0) is 35.2 Å². The molecule has 0 amide bonds. The molecule has 210 valence electrons. The molecule has 1 fully saturated rings.